The number of rotatable bonds is 8. The molecule has 0 saturated heterocycles. The van der Waals surface area contributed by atoms with E-state index in [0.717, 1.165) is 39.4 Å². The summed E-state index contributed by atoms with van der Waals surface area (Å²) < 4.78 is 11.3. The van der Waals surface area contributed by atoms with Gasteiger partial charge in [0.15, 0.2) is 0 Å². The van der Waals surface area contributed by atoms with E-state index >= 15 is 0 Å². The van der Waals surface area contributed by atoms with Crippen LogP contribution in [0.15, 0.2) is 60.7 Å². The molecule has 31 heavy (non-hydrogen) atoms. The zero-order valence-electron chi connectivity index (χ0n) is 18.8. The maximum Gasteiger partial charge on any atom is 0.126 e. The molecule has 3 aromatic rings. The summed E-state index contributed by atoms with van der Waals surface area (Å²) in [6.07, 6.45) is 8.24. The van der Waals surface area contributed by atoms with E-state index in [4.69, 9.17) is 9.47 Å². The lowest BCUT2D eigenvalue weighted by Gasteiger charge is -2.12. The highest BCUT2D eigenvalue weighted by molar-refractivity contribution is 5.79. The van der Waals surface area contributed by atoms with E-state index in [1.807, 2.05) is 39.4 Å². The largest absolute Gasteiger partial charge is 0.496 e. The first-order valence-electron chi connectivity index (χ1n) is 10.2. The number of ether oxygens (including phenoxy) is 2. The third kappa shape index (κ3) is 5.70. The van der Waals surface area contributed by atoms with E-state index in [9.17, 15) is 0 Å². The molecule has 4 heteroatoms. The number of anilines is 2. The van der Waals surface area contributed by atoms with Gasteiger partial charge in [0.1, 0.15) is 11.5 Å². The van der Waals surface area contributed by atoms with Crippen molar-refractivity contribution in [1.82, 2.24) is 0 Å². The lowest BCUT2D eigenvalue weighted by Crippen LogP contribution is -2.07. The van der Waals surface area contributed by atoms with Gasteiger partial charge in [0.2, 0.25) is 0 Å². The maximum atomic E-state index is 5.65. The standard InChI is InChI=1S/C27H30N2O2/c1-28-24-14-8-20(9-15-24)6-12-22-18-27(31-5)23(19-26(22)30-4)13-7-21-10-16-25(17-11-21)29(2)3/h6-19,28H,1-5H3/b12-6+,13-7+. The highest BCUT2D eigenvalue weighted by atomic mass is 16.5. The van der Waals surface area contributed by atoms with Crippen LogP contribution in [0.2, 0.25) is 0 Å². The van der Waals surface area contributed by atoms with Gasteiger partial charge in [-0.1, -0.05) is 48.6 Å². The quantitative estimate of drug-likeness (QED) is 0.448. The molecule has 0 atom stereocenters. The zero-order valence-corrected chi connectivity index (χ0v) is 18.8. The average Bonchev–Trinajstić information content (AvgIpc) is 2.81. The second-order valence-corrected chi connectivity index (χ2v) is 7.36. The molecule has 0 saturated carbocycles. The molecule has 0 bridgehead atoms. The summed E-state index contributed by atoms with van der Waals surface area (Å²) in [7, 11) is 9.37. The summed E-state index contributed by atoms with van der Waals surface area (Å²) in [5, 5.41) is 3.13. The summed E-state index contributed by atoms with van der Waals surface area (Å²) in [6, 6.07) is 20.7. The molecule has 0 aliphatic carbocycles. The molecule has 0 amide bonds. The van der Waals surface area contributed by atoms with Gasteiger partial charge in [-0.3, -0.25) is 0 Å². The van der Waals surface area contributed by atoms with E-state index in [0.29, 0.717) is 0 Å². The molecule has 0 aliphatic rings. The van der Waals surface area contributed by atoms with Gasteiger partial charge in [0.05, 0.1) is 14.2 Å². The Balaban J connectivity index is 1.86. The first-order valence-corrected chi connectivity index (χ1v) is 10.2. The summed E-state index contributed by atoms with van der Waals surface area (Å²) >= 11 is 0. The predicted octanol–water partition coefficient (Wildman–Crippen LogP) is 6.15. The number of nitrogens with one attached hydrogen (secondary N) is 1. The molecule has 1 N–H and O–H groups in total. The Morgan fingerprint density at radius 3 is 1.52 bits per heavy atom. The van der Waals surface area contributed by atoms with Gasteiger partial charge in [-0.2, -0.15) is 0 Å². The van der Waals surface area contributed by atoms with Crippen LogP contribution < -0.4 is 19.7 Å². The third-order valence-corrected chi connectivity index (χ3v) is 5.10. The van der Waals surface area contributed by atoms with Crippen molar-refractivity contribution in [1.29, 1.82) is 0 Å². The predicted molar refractivity (Wildman–Crippen MR) is 134 cm³/mol. The Labute approximate surface area is 185 Å². The molecule has 0 aromatic heterocycles. The lowest BCUT2D eigenvalue weighted by molar-refractivity contribution is 0.401. The van der Waals surface area contributed by atoms with Gasteiger partial charge in [-0.05, 0) is 47.5 Å². The van der Waals surface area contributed by atoms with Crippen LogP contribution in [0.1, 0.15) is 22.3 Å². The lowest BCUT2D eigenvalue weighted by atomic mass is 10.0. The molecule has 160 valence electrons. The second kappa shape index (κ2) is 10.4. The number of benzene rings is 3. The fraction of sp³-hybridized carbons (Fsp3) is 0.185. The maximum absolute atomic E-state index is 5.65. The molecule has 3 rings (SSSR count). The van der Waals surface area contributed by atoms with Crippen LogP contribution in [0.5, 0.6) is 11.5 Å². The molecule has 0 aliphatic heterocycles. The summed E-state index contributed by atoms with van der Waals surface area (Å²) in [4.78, 5) is 2.09. The van der Waals surface area contributed by atoms with Gasteiger partial charge in [-0.25, -0.2) is 0 Å². The van der Waals surface area contributed by atoms with Crippen LogP contribution in [0, 0.1) is 0 Å². The SMILES string of the molecule is CNc1ccc(/C=C/c2cc(OC)c(/C=C/c3ccc(N(C)C)cc3)cc2OC)cc1. The van der Waals surface area contributed by atoms with E-state index < -0.39 is 0 Å². The summed E-state index contributed by atoms with van der Waals surface area (Å²) in [6.45, 7) is 0. The van der Waals surface area contributed by atoms with Gasteiger partial charge < -0.3 is 19.7 Å². The molecular weight excluding hydrogens is 384 g/mol. The van der Waals surface area contributed by atoms with Crippen molar-refractivity contribution in [2.75, 3.05) is 45.6 Å². The first kappa shape index (κ1) is 22.0. The van der Waals surface area contributed by atoms with Crippen LogP contribution in [-0.4, -0.2) is 35.4 Å². The number of nitrogens with zero attached hydrogens (tertiary/aromatic N) is 1. The fourth-order valence-electron chi connectivity index (χ4n) is 3.22. The van der Waals surface area contributed by atoms with E-state index in [2.05, 4.69) is 77.0 Å². The van der Waals surface area contributed by atoms with E-state index in [1.54, 1.807) is 14.2 Å². The molecule has 4 nitrogen and oxygen atoms in total. The highest BCUT2D eigenvalue weighted by Gasteiger charge is 2.08. The Bertz CT molecular complexity index is 1050. The fourth-order valence-corrected chi connectivity index (χ4v) is 3.22. The first-order chi connectivity index (χ1) is 15.0. The summed E-state index contributed by atoms with van der Waals surface area (Å²) in [5.74, 6) is 1.60. The highest BCUT2D eigenvalue weighted by Crippen LogP contribution is 2.32. The van der Waals surface area contributed by atoms with Crippen molar-refractivity contribution in [2.24, 2.45) is 0 Å². The van der Waals surface area contributed by atoms with Crippen molar-refractivity contribution in [3.05, 3.63) is 82.9 Å². The van der Waals surface area contributed by atoms with Crippen molar-refractivity contribution in [3.8, 4) is 11.5 Å². The van der Waals surface area contributed by atoms with Crippen LogP contribution in [0.25, 0.3) is 24.3 Å². The van der Waals surface area contributed by atoms with Crippen LogP contribution in [0.3, 0.4) is 0 Å². The number of hydrogen-bond donors (Lipinski definition) is 1. The minimum Gasteiger partial charge on any atom is -0.496 e. The van der Waals surface area contributed by atoms with Crippen molar-refractivity contribution >= 4 is 35.7 Å². The third-order valence-electron chi connectivity index (χ3n) is 5.10. The smallest absolute Gasteiger partial charge is 0.126 e. The molecule has 0 spiro atoms. The minimum atomic E-state index is 0.798. The van der Waals surface area contributed by atoms with Gasteiger partial charge in [0.25, 0.3) is 0 Å². The monoisotopic (exact) mass is 414 g/mol. The van der Waals surface area contributed by atoms with Crippen molar-refractivity contribution in [2.45, 2.75) is 0 Å². The summed E-state index contributed by atoms with van der Waals surface area (Å²) in [5.41, 5.74) is 6.43. The van der Waals surface area contributed by atoms with Crippen LogP contribution >= 0.6 is 0 Å². The Morgan fingerprint density at radius 1 is 0.677 bits per heavy atom. The van der Waals surface area contributed by atoms with Crippen molar-refractivity contribution < 1.29 is 9.47 Å². The second-order valence-electron chi connectivity index (χ2n) is 7.36. The molecule has 0 fully saturated rings. The molecular formula is C27H30N2O2. The zero-order chi connectivity index (χ0) is 22.2. The minimum absolute atomic E-state index is 0.798. The molecule has 0 heterocycles. The normalized spacial score (nSPS) is 11.1. The van der Waals surface area contributed by atoms with Crippen LogP contribution in [0.4, 0.5) is 11.4 Å². The Kier molecular flexibility index (Phi) is 7.39. The van der Waals surface area contributed by atoms with Gasteiger partial charge in [0, 0.05) is 43.6 Å². The molecule has 3 aromatic carbocycles. The number of hydrogen-bond acceptors (Lipinski definition) is 4. The van der Waals surface area contributed by atoms with Gasteiger partial charge in [-0.15, -0.1) is 0 Å². The Hall–Kier alpha value is -3.66. The average molecular weight is 415 g/mol. The number of methoxy groups -OCH3 is 2. The van der Waals surface area contributed by atoms with E-state index in [1.165, 1.54) is 5.69 Å². The molecule has 0 radical (unpaired) electrons. The topological polar surface area (TPSA) is 33.7 Å². The van der Waals surface area contributed by atoms with Crippen molar-refractivity contribution in [3.63, 3.8) is 0 Å². The Morgan fingerprint density at radius 2 is 1.13 bits per heavy atom. The molecule has 0 unspecified atom stereocenters. The van der Waals surface area contributed by atoms with E-state index in [-0.39, 0.29) is 0 Å². The van der Waals surface area contributed by atoms with Crippen LogP contribution in [-0.2, 0) is 0 Å². The van der Waals surface area contributed by atoms with Gasteiger partial charge >= 0.3 is 0 Å².